The Morgan fingerprint density at radius 3 is 2.03 bits per heavy atom. The van der Waals surface area contributed by atoms with Crippen molar-refractivity contribution in [2.75, 3.05) is 13.2 Å². The summed E-state index contributed by atoms with van der Waals surface area (Å²) in [5.41, 5.74) is 1.08. The first-order valence-corrected chi connectivity index (χ1v) is 15.6. The first-order valence-electron chi connectivity index (χ1n) is 13.7. The highest BCUT2D eigenvalue weighted by atomic mass is 28.4. The van der Waals surface area contributed by atoms with Gasteiger partial charge in [-0.25, -0.2) is 9.69 Å². The topological polar surface area (TPSA) is 55.8 Å². The number of hydrogen-bond acceptors (Lipinski definition) is 4. The lowest BCUT2D eigenvalue weighted by Gasteiger charge is -2.42. The maximum absolute atomic E-state index is 13.2. The smallest absolute Gasteiger partial charge is 0.416 e. The number of amides is 2. The Bertz CT molecular complexity index is 1220. The summed E-state index contributed by atoms with van der Waals surface area (Å²) in [5.74, 6) is -0.547. The highest BCUT2D eigenvalue weighted by molar-refractivity contribution is 6.99. The van der Waals surface area contributed by atoms with Crippen molar-refractivity contribution in [1.29, 1.82) is 0 Å². The van der Waals surface area contributed by atoms with Crippen LogP contribution >= 0.6 is 0 Å². The van der Waals surface area contributed by atoms with Crippen molar-refractivity contribution in [3.05, 3.63) is 109 Å². The van der Waals surface area contributed by atoms with Gasteiger partial charge in [0.25, 0.3) is 8.32 Å². The van der Waals surface area contributed by atoms with Crippen LogP contribution in [0.15, 0.2) is 103 Å². The zero-order valence-corrected chi connectivity index (χ0v) is 24.4. The summed E-state index contributed by atoms with van der Waals surface area (Å²) in [7, 11) is -2.61. The van der Waals surface area contributed by atoms with E-state index in [9.17, 15) is 9.59 Å². The van der Waals surface area contributed by atoms with E-state index in [-0.39, 0.29) is 29.5 Å². The third-order valence-corrected chi connectivity index (χ3v) is 12.4. The molecule has 0 N–H and O–H groups in total. The first kappa shape index (κ1) is 28.5. The lowest BCUT2D eigenvalue weighted by molar-refractivity contribution is -0.132. The summed E-state index contributed by atoms with van der Waals surface area (Å²) in [6.45, 7) is 9.30. The van der Waals surface area contributed by atoms with Crippen LogP contribution in [-0.2, 0) is 20.4 Å². The predicted molar refractivity (Wildman–Crippen MR) is 159 cm³/mol. The quantitative estimate of drug-likeness (QED) is 0.243. The summed E-state index contributed by atoms with van der Waals surface area (Å²) in [6, 6.07) is 30.7. The van der Waals surface area contributed by atoms with Gasteiger partial charge in [0, 0.05) is 5.92 Å². The van der Waals surface area contributed by atoms with Crippen molar-refractivity contribution in [3.63, 3.8) is 0 Å². The van der Waals surface area contributed by atoms with Crippen LogP contribution in [-0.4, -0.2) is 44.5 Å². The zero-order valence-electron chi connectivity index (χ0n) is 23.4. The highest BCUT2D eigenvalue weighted by Crippen LogP contribution is 2.36. The minimum atomic E-state index is -2.61. The van der Waals surface area contributed by atoms with Crippen LogP contribution in [0.3, 0.4) is 0 Å². The van der Waals surface area contributed by atoms with E-state index in [0.29, 0.717) is 19.4 Å². The summed E-state index contributed by atoms with van der Waals surface area (Å²) in [5, 5.41) is 2.37. The molecule has 5 nitrogen and oxygen atoms in total. The third-order valence-electron chi connectivity index (χ3n) is 7.40. The molecule has 0 radical (unpaired) electrons. The molecule has 1 heterocycles. The Balaban J connectivity index is 1.43. The van der Waals surface area contributed by atoms with Gasteiger partial charge in [-0.05, 0) is 33.8 Å². The number of ether oxygens (including phenoxy) is 1. The third kappa shape index (κ3) is 6.40. The number of carbonyl (C=O) groups is 2. The number of nitrogens with zero attached hydrogens (tertiary/aromatic N) is 1. The highest BCUT2D eigenvalue weighted by Gasteiger charge is 2.49. The maximum Gasteiger partial charge on any atom is 0.416 e. The average molecular weight is 542 g/mol. The molecular formula is C33H39NO4Si. The lowest BCUT2D eigenvalue weighted by atomic mass is 10.0. The van der Waals surface area contributed by atoms with E-state index in [1.54, 1.807) is 0 Å². The molecule has 6 heteroatoms. The van der Waals surface area contributed by atoms with Gasteiger partial charge >= 0.3 is 6.09 Å². The SMILES string of the molecule is C[C@@H](C/C=C/CO[Si](c1ccccc1)(c1ccccc1)C(C)(C)C)C(=O)N1C(=O)OC[C@H]1Cc1ccccc1. The number of benzene rings is 3. The molecule has 2 amide bonds. The molecule has 1 saturated heterocycles. The van der Waals surface area contributed by atoms with Gasteiger partial charge < -0.3 is 9.16 Å². The van der Waals surface area contributed by atoms with Crippen LogP contribution in [0.4, 0.5) is 4.79 Å². The van der Waals surface area contributed by atoms with Gasteiger partial charge in [-0.1, -0.05) is 131 Å². The van der Waals surface area contributed by atoms with E-state index < -0.39 is 14.4 Å². The molecule has 0 saturated carbocycles. The molecule has 0 bridgehead atoms. The standard InChI is InChI=1S/C33H39NO4Si/c1-26(31(35)34-28(25-37-32(34)36)24-27-17-8-5-9-18-27)16-14-15-23-38-39(33(2,3)4,29-19-10-6-11-20-29)30-21-12-7-13-22-30/h5-15,17-22,26,28H,16,23-25H2,1-4H3/b15-14+/t26-,28+/m0/s1. The van der Waals surface area contributed by atoms with Gasteiger partial charge in [-0.2, -0.15) is 0 Å². The van der Waals surface area contributed by atoms with Crippen molar-refractivity contribution >= 4 is 30.7 Å². The Hall–Kier alpha value is -3.48. The number of hydrogen-bond donors (Lipinski definition) is 0. The Labute approximate surface area is 233 Å². The molecule has 0 spiro atoms. The summed E-state index contributed by atoms with van der Waals surface area (Å²) in [6.07, 6.45) is 4.56. The van der Waals surface area contributed by atoms with Crippen LogP contribution in [0.25, 0.3) is 0 Å². The molecule has 3 aromatic rings. The fourth-order valence-corrected chi connectivity index (χ4v) is 9.91. The number of carbonyl (C=O) groups excluding carboxylic acids is 2. The molecule has 0 unspecified atom stereocenters. The molecule has 204 valence electrons. The number of imide groups is 1. The van der Waals surface area contributed by atoms with Gasteiger partial charge in [0.2, 0.25) is 5.91 Å². The molecule has 39 heavy (non-hydrogen) atoms. The molecular weight excluding hydrogens is 502 g/mol. The molecule has 1 fully saturated rings. The first-order chi connectivity index (χ1) is 18.7. The number of allylic oxidation sites excluding steroid dienone is 1. The average Bonchev–Trinajstić information content (AvgIpc) is 3.30. The summed E-state index contributed by atoms with van der Waals surface area (Å²) >= 11 is 0. The van der Waals surface area contributed by atoms with E-state index in [0.717, 1.165) is 5.56 Å². The molecule has 1 aliphatic rings. The molecule has 1 aliphatic heterocycles. The van der Waals surface area contributed by atoms with Crippen molar-refractivity contribution in [3.8, 4) is 0 Å². The van der Waals surface area contributed by atoms with Crippen molar-refractivity contribution in [2.24, 2.45) is 5.92 Å². The molecule has 0 aliphatic carbocycles. The second kappa shape index (κ2) is 12.6. The van der Waals surface area contributed by atoms with Crippen LogP contribution in [0.1, 0.15) is 39.7 Å². The van der Waals surface area contributed by atoms with Crippen molar-refractivity contribution < 1.29 is 18.8 Å². The normalized spacial score (nSPS) is 16.9. The van der Waals surface area contributed by atoms with E-state index in [1.807, 2.05) is 61.5 Å². The maximum atomic E-state index is 13.2. The molecule has 3 aromatic carbocycles. The van der Waals surface area contributed by atoms with E-state index in [4.69, 9.17) is 9.16 Å². The largest absolute Gasteiger partial charge is 0.447 e. The molecule has 4 rings (SSSR count). The van der Waals surface area contributed by atoms with Gasteiger partial charge in [0.15, 0.2) is 0 Å². The van der Waals surface area contributed by atoms with Gasteiger partial charge in [-0.3, -0.25) is 4.79 Å². The van der Waals surface area contributed by atoms with Gasteiger partial charge in [-0.15, -0.1) is 0 Å². The Kier molecular flexibility index (Phi) is 9.20. The van der Waals surface area contributed by atoms with E-state index in [1.165, 1.54) is 15.3 Å². The molecule has 0 aromatic heterocycles. The van der Waals surface area contributed by atoms with Crippen molar-refractivity contribution in [2.45, 2.75) is 51.6 Å². The summed E-state index contributed by atoms with van der Waals surface area (Å²) in [4.78, 5) is 27.0. The second-order valence-electron chi connectivity index (χ2n) is 11.2. The minimum Gasteiger partial charge on any atom is -0.447 e. The van der Waals surface area contributed by atoms with Crippen LogP contribution in [0.2, 0.25) is 5.04 Å². The second-order valence-corrected chi connectivity index (χ2v) is 15.5. The van der Waals surface area contributed by atoms with Crippen LogP contribution < -0.4 is 10.4 Å². The van der Waals surface area contributed by atoms with Gasteiger partial charge in [0.1, 0.15) is 6.61 Å². The Morgan fingerprint density at radius 1 is 0.949 bits per heavy atom. The number of rotatable bonds is 10. The van der Waals surface area contributed by atoms with Crippen molar-refractivity contribution in [1.82, 2.24) is 4.90 Å². The van der Waals surface area contributed by atoms with Crippen LogP contribution in [0.5, 0.6) is 0 Å². The lowest BCUT2D eigenvalue weighted by Crippen LogP contribution is -2.66. The number of cyclic esters (lactones) is 1. The van der Waals surface area contributed by atoms with Gasteiger partial charge in [0.05, 0.1) is 12.6 Å². The fraction of sp³-hybridized carbons (Fsp3) is 0.333. The fourth-order valence-electron chi connectivity index (χ4n) is 5.41. The Morgan fingerprint density at radius 2 is 1.49 bits per heavy atom. The predicted octanol–water partition coefficient (Wildman–Crippen LogP) is 5.74. The zero-order chi connectivity index (χ0) is 27.9. The van der Waals surface area contributed by atoms with E-state index in [2.05, 4.69) is 69.3 Å². The van der Waals surface area contributed by atoms with Crippen LogP contribution in [0, 0.1) is 5.92 Å². The molecule has 2 atom stereocenters. The monoisotopic (exact) mass is 541 g/mol. The summed E-state index contributed by atoms with van der Waals surface area (Å²) < 4.78 is 12.1. The van der Waals surface area contributed by atoms with E-state index >= 15 is 0 Å². The minimum absolute atomic E-state index is 0.101.